The van der Waals surface area contributed by atoms with Gasteiger partial charge in [-0.15, -0.1) is 0 Å². The summed E-state index contributed by atoms with van der Waals surface area (Å²) >= 11 is 0. The van der Waals surface area contributed by atoms with E-state index in [1.54, 1.807) is 0 Å². The van der Waals surface area contributed by atoms with E-state index in [-0.39, 0.29) is 6.10 Å². The SMILES string of the molecule is Cc1ccccc1-n1cc(CN2CC[C@H](Oc3ccccc3)C2)cn1. The van der Waals surface area contributed by atoms with Crippen LogP contribution in [0.1, 0.15) is 17.5 Å². The number of aryl methyl sites for hydroxylation is 1. The van der Waals surface area contributed by atoms with E-state index in [2.05, 4.69) is 47.4 Å². The molecule has 4 nitrogen and oxygen atoms in total. The van der Waals surface area contributed by atoms with Crippen molar-refractivity contribution in [2.75, 3.05) is 13.1 Å². The van der Waals surface area contributed by atoms with E-state index < -0.39 is 0 Å². The number of benzene rings is 2. The molecule has 1 fully saturated rings. The van der Waals surface area contributed by atoms with Crippen LogP contribution in [0.25, 0.3) is 5.69 Å². The minimum atomic E-state index is 0.272. The highest BCUT2D eigenvalue weighted by molar-refractivity contribution is 5.39. The lowest BCUT2D eigenvalue weighted by atomic mass is 10.2. The van der Waals surface area contributed by atoms with Gasteiger partial charge in [-0.3, -0.25) is 4.90 Å². The fraction of sp³-hybridized carbons (Fsp3) is 0.286. The molecule has 3 aromatic rings. The number of aromatic nitrogens is 2. The molecule has 25 heavy (non-hydrogen) atoms. The monoisotopic (exact) mass is 333 g/mol. The summed E-state index contributed by atoms with van der Waals surface area (Å²) in [5.41, 5.74) is 3.61. The van der Waals surface area contributed by atoms with E-state index in [0.717, 1.165) is 37.5 Å². The maximum atomic E-state index is 6.07. The zero-order chi connectivity index (χ0) is 17.1. The molecule has 0 radical (unpaired) electrons. The van der Waals surface area contributed by atoms with Crippen molar-refractivity contribution in [3.63, 3.8) is 0 Å². The first-order chi connectivity index (χ1) is 12.3. The molecular formula is C21H23N3O. The van der Waals surface area contributed by atoms with Crippen molar-refractivity contribution in [2.45, 2.75) is 26.0 Å². The van der Waals surface area contributed by atoms with Crippen LogP contribution in [0.4, 0.5) is 0 Å². The zero-order valence-corrected chi connectivity index (χ0v) is 14.5. The van der Waals surface area contributed by atoms with Crippen LogP contribution in [-0.2, 0) is 6.54 Å². The van der Waals surface area contributed by atoms with Crippen molar-refractivity contribution < 1.29 is 4.74 Å². The molecule has 128 valence electrons. The standard InChI is InChI=1S/C21H23N3O/c1-17-7-5-6-10-21(17)24-15-18(13-22-24)14-23-12-11-20(16-23)25-19-8-3-2-4-9-19/h2-10,13,15,20H,11-12,14,16H2,1H3/t20-/m0/s1. The van der Waals surface area contributed by atoms with Gasteiger partial charge < -0.3 is 4.74 Å². The van der Waals surface area contributed by atoms with Gasteiger partial charge in [-0.05, 0) is 37.1 Å². The number of ether oxygens (including phenoxy) is 1. The van der Waals surface area contributed by atoms with Crippen LogP contribution in [0.5, 0.6) is 5.75 Å². The van der Waals surface area contributed by atoms with Crippen molar-refractivity contribution in [3.8, 4) is 11.4 Å². The van der Waals surface area contributed by atoms with E-state index in [1.165, 1.54) is 11.1 Å². The van der Waals surface area contributed by atoms with Gasteiger partial charge >= 0.3 is 0 Å². The van der Waals surface area contributed by atoms with Gasteiger partial charge in [0, 0.05) is 31.4 Å². The molecular weight excluding hydrogens is 310 g/mol. The molecule has 1 aliphatic rings. The molecule has 1 saturated heterocycles. The highest BCUT2D eigenvalue weighted by atomic mass is 16.5. The predicted molar refractivity (Wildman–Crippen MR) is 99.1 cm³/mol. The fourth-order valence-corrected chi connectivity index (χ4v) is 3.38. The fourth-order valence-electron chi connectivity index (χ4n) is 3.38. The quantitative estimate of drug-likeness (QED) is 0.711. The maximum absolute atomic E-state index is 6.07. The Balaban J connectivity index is 1.37. The second-order valence-corrected chi connectivity index (χ2v) is 6.66. The number of hydrogen-bond donors (Lipinski definition) is 0. The van der Waals surface area contributed by atoms with Crippen LogP contribution in [0, 0.1) is 6.92 Å². The van der Waals surface area contributed by atoms with Gasteiger partial charge in [0.05, 0.1) is 11.9 Å². The lowest BCUT2D eigenvalue weighted by Crippen LogP contribution is -2.24. The summed E-state index contributed by atoms with van der Waals surface area (Å²) in [6, 6.07) is 18.4. The average molecular weight is 333 g/mol. The molecule has 0 unspecified atom stereocenters. The van der Waals surface area contributed by atoms with E-state index in [9.17, 15) is 0 Å². The van der Waals surface area contributed by atoms with Crippen molar-refractivity contribution in [1.29, 1.82) is 0 Å². The number of nitrogens with zero attached hydrogens (tertiary/aromatic N) is 3. The Bertz CT molecular complexity index is 828. The molecule has 0 aliphatic carbocycles. The summed E-state index contributed by atoms with van der Waals surface area (Å²) in [4.78, 5) is 2.44. The van der Waals surface area contributed by atoms with Crippen molar-refractivity contribution >= 4 is 0 Å². The van der Waals surface area contributed by atoms with Crippen LogP contribution in [0.2, 0.25) is 0 Å². The summed E-state index contributed by atoms with van der Waals surface area (Å²) in [7, 11) is 0. The first-order valence-electron chi connectivity index (χ1n) is 8.81. The summed E-state index contributed by atoms with van der Waals surface area (Å²) in [6.45, 7) is 5.06. The minimum absolute atomic E-state index is 0.272. The normalized spacial score (nSPS) is 17.7. The Hall–Kier alpha value is -2.59. The Morgan fingerprint density at radius 3 is 2.72 bits per heavy atom. The summed E-state index contributed by atoms with van der Waals surface area (Å²) in [5, 5.41) is 4.53. The van der Waals surface area contributed by atoms with E-state index in [4.69, 9.17) is 4.74 Å². The molecule has 0 spiro atoms. The number of rotatable bonds is 5. The average Bonchev–Trinajstić information content (AvgIpc) is 3.26. The van der Waals surface area contributed by atoms with Crippen LogP contribution >= 0.6 is 0 Å². The van der Waals surface area contributed by atoms with Crippen molar-refractivity contribution in [3.05, 3.63) is 78.1 Å². The minimum Gasteiger partial charge on any atom is -0.489 e. The molecule has 1 aromatic heterocycles. The van der Waals surface area contributed by atoms with E-state index in [0.29, 0.717) is 0 Å². The third-order valence-corrected chi connectivity index (χ3v) is 4.68. The van der Waals surface area contributed by atoms with Gasteiger partial charge in [0.1, 0.15) is 11.9 Å². The first kappa shape index (κ1) is 15.9. The third kappa shape index (κ3) is 3.74. The Morgan fingerprint density at radius 2 is 1.88 bits per heavy atom. The molecule has 4 heteroatoms. The lowest BCUT2D eigenvalue weighted by molar-refractivity contribution is 0.198. The molecule has 0 bridgehead atoms. The van der Waals surface area contributed by atoms with Crippen molar-refractivity contribution in [2.24, 2.45) is 0 Å². The second kappa shape index (κ2) is 7.11. The van der Waals surface area contributed by atoms with Gasteiger partial charge in [0.2, 0.25) is 0 Å². The lowest BCUT2D eigenvalue weighted by Gasteiger charge is -2.16. The summed E-state index contributed by atoms with van der Waals surface area (Å²) < 4.78 is 8.04. The Morgan fingerprint density at radius 1 is 1.08 bits per heavy atom. The third-order valence-electron chi connectivity index (χ3n) is 4.68. The van der Waals surface area contributed by atoms with Gasteiger partial charge in [0.15, 0.2) is 0 Å². The van der Waals surface area contributed by atoms with Gasteiger partial charge in [-0.1, -0.05) is 36.4 Å². The Labute approximate surface area is 148 Å². The topological polar surface area (TPSA) is 30.3 Å². The van der Waals surface area contributed by atoms with Crippen LogP contribution < -0.4 is 4.74 Å². The first-order valence-corrected chi connectivity index (χ1v) is 8.81. The van der Waals surface area contributed by atoms with E-state index in [1.807, 2.05) is 41.2 Å². The Kier molecular flexibility index (Phi) is 4.53. The van der Waals surface area contributed by atoms with Gasteiger partial charge in [-0.2, -0.15) is 5.10 Å². The second-order valence-electron chi connectivity index (χ2n) is 6.66. The summed E-state index contributed by atoms with van der Waals surface area (Å²) in [5.74, 6) is 0.960. The molecule has 4 rings (SSSR count). The highest BCUT2D eigenvalue weighted by Crippen LogP contribution is 2.20. The van der Waals surface area contributed by atoms with E-state index >= 15 is 0 Å². The zero-order valence-electron chi connectivity index (χ0n) is 14.5. The number of likely N-dealkylation sites (tertiary alicyclic amines) is 1. The molecule has 1 atom stereocenters. The largest absolute Gasteiger partial charge is 0.489 e. The maximum Gasteiger partial charge on any atom is 0.119 e. The van der Waals surface area contributed by atoms with Crippen LogP contribution in [-0.4, -0.2) is 33.9 Å². The molecule has 0 saturated carbocycles. The van der Waals surface area contributed by atoms with Gasteiger partial charge in [0.25, 0.3) is 0 Å². The predicted octanol–water partition coefficient (Wildman–Crippen LogP) is 3.83. The van der Waals surface area contributed by atoms with Crippen molar-refractivity contribution in [1.82, 2.24) is 14.7 Å². The molecule has 2 aromatic carbocycles. The molecule has 1 aliphatic heterocycles. The van der Waals surface area contributed by atoms with Crippen LogP contribution in [0.3, 0.4) is 0 Å². The number of para-hydroxylation sites is 2. The summed E-state index contributed by atoms with van der Waals surface area (Å²) in [6.07, 6.45) is 5.45. The molecule has 0 amide bonds. The van der Waals surface area contributed by atoms with Crippen LogP contribution in [0.15, 0.2) is 67.0 Å². The smallest absolute Gasteiger partial charge is 0.119 e. The van der Waals surface area contributed by atoms with Gasteiger partial charge in [-0.25, -0.2) is 4.68 Å². The highest BCUT2D eigenvalue weighted by Gasteiger charge is 2.24. The molecule has 2 heterocycles. The number of hydrogen-bond acceptors (Lipinski definition) is 3. The molecule has 0 N–H and O–H groups in total.